The van der Waals surface area contributed by atoms with Crippen LogP contribution in [0.2, 0.25) is 0 Å². The van der Waals surface area contributed by atoms with Gasteiger partial charge < -0.3 is 10.1 Å². The summed E-state index contributed by atoms with van der Waals surface area (Å²) in [4.78, 5) is 0. The molecule has 0 fully saturated rings. The van der Waals surface area contributed by atoms with E-state index in [4.69, 9.17) is 4.74 Å². The second-order valence-electron chi connectivity index (χ2n) is 5.83. The fourth-order valence-corrected chi connectivity index (χ4v) is 1.65. The van der Waals surface area contributed by atoms with E-state index in [1.807, 2.05) is 18.2 Å². The molecule has 1 aromatic rings. The molecule has 0 aliphatic rings. The predicted molar refractivity (Wildman–Crippen MR) is 93.0 cm³/mol. The molecule has 0 aromatic heterocycles. The van der Waals surface area contributed by atoms with Crippen LogP contribution in [0.4, 0.5) is 0 Å². The van der Waals surface area contributed by atoms with E-state index in [1.165, 1.54) is 5.56 Å². The number of hydrogen-bond acceptors (Lipinski definition) is 2. The third kappa shape index (κ3) is 8.45. The molecule has 0 heterocycles. The summed E-state index contributed by atoms with van der Waals surface area (Å²) >= 11 is 0. The summed E-state index contributed by atoms with van der Waals surface area (Å²) in [5, 5.41) is 3.44. The molecule has 1 aromatic carbocycles. The largest absolute Gasteiger partial charge is 0.497 e. The van der Waals surface area contributed by atoms with Gasteiger partial charge in [-0.1, -0.05) is 30.0 Å². The van der Waals surface area contributed by atoms with E-state index in [-0.39, 0.29) is 23.9 Å². The molecule has 1 rings (SSSR count). The van der Waals surface area contributed by atoms with E-state index >= 15 is 0 Å². The molecule has 0 amide bonds. The highest BCUT2D eigenvalue weighted by Crippen LogP contribution is 2.18. The second-order valence-corrected chi connectivity index (χ2v) is 5.83. The van der Waals surface area contributed by atoms with Crippen molar-refractivity contribution in [3.8, 4) is 17.6 Å². The molecule has 21 heavy (non-hydrogen) atoms. The molecule has 0 aliphatic heterocycles. The molecule has 3 heteroatoms. The van der Waals surface area contributed by atoms with Crippen LogP contribution >= 0.6 is 12.4 Å². The van der Waals surface area contributed by atoms with Gasteiger partial charge in [-0.15, -0.1) is 12.4 Å². The highest BCUT2D eigenvalue weighted by molar-refractivity contribution is 5.85. The Hall–Kier alpha value is -1.43. The molecule has 2 nitrogen and oxygen atoms in total. The van der Waals surface area contributed by atoms with Crippen molar-refractivity contribution in [1.82, 2.24) is 5.32 Å². The smallest absolute Gasteiger partial charge is 0.119 e. The van der Waals surface area contributed by atoms with Gasteiger partial charge >= 0.3 is 0 Å². The van der Waals surface area contributed by atoms with E-state index in [9.17, 15) is 0 Å². The van der Waals surface area contributed by atoms with Gasteiger partial charge in [0.15, 0.2) is 0 Å². The van der Waals surface area contributed by atoms with Gasteiger partial charge in [0.05, 0.1) is 7.11 Å². The number of rotatable bonds is 5. The molecule has 116 valence electrons. The topological polar surface area (TPSA) is 21.3 Å². The maximum absolute atomic E-state index is 5.23. The first-order valence-corrected chi connectivity index (χ1v) is 6.97. The Morgan fingerprint density at radius 1 is 1.33 bits per heavy atom. The summed E-state index contributed by atoms with van der Waals surface area (Å²) in [6.45, 7) is 9.27. The highest BCUT2D eigenvalue weighted by Gasteiger charge is 2.04. The van der Waals surface area contributed by atoms with Gasteiger partial charge in [0.1, 0.15) is 5.75 Å². The lowest BCUT2D eigenvalue weighted by atomic mass is 9.98. The number of allylic oxidation sites excluding steroid dienone is 1. The normalized spacial score (nSPS) is 12.2. The van der Waals surface area contributed by atoms with Gasteiger partial charge in [0.2, 0.25) is 0 Å². The Bertz CT molecular complexity index is 506. The molecule has 0 bridgehead atoms. The van der Waals surface area contributed by atoms with Crippen LogP contribution in [-0.2, 0) is 0 Å². The zero-order valence-electron chi connectivity index (χ0n) is 13.6. The Morgan fingerprint density at radius 2 is 2.05 bits per heavy atom. The average molecular weight is 308 g/mol. The monoisotopic (exact) mass is 307 g/mol. The molecule has 0 saturated carbocycles. The number of halogens is 1. The Balaban J connectivity index is 0.00000400. The van der Waals surface area contributed by atoms with Crippen LogP contribution in [0, 0.1) is 17.3 Å². The summed E-state index contributed by atoms with van der Waals surface area (Å²) in [6.07, 6.45) is 3.96. The highest BCUT2D eigenvalue weighted by atomic mass is 35.5. The Labute approximate surface area is 135 Å². The molecule has 1 N–H and O–H groups in total. The van der Waals surface area contributed by atoms with Crippen LogP contribution in [0.3, 0.4) is 0 Å². The lowest BCUT2D eigenvalue weighted by molar-refractivity contribution is 0.413. The standard InChI is InChI=1S/C18H25NO.ClH/c1-15(16-10-9-11-17(14-16)20-5)19-13-8-6-7-12-18(2,3)4;/h6,8-11,14-15,19H,13H2,1-5H3;1H/b8-6-;. The molecule has 0 radical (unpaired) electrons. The molecule has 1 atom stereocenters. The second kappa shape index (κ2) is 9.50. The van der Waals surface area contributed by atoms with E-state index < -0.39 is 0 Å². The Morgan fingerprint density at radius 3 is 2.67 bits per heavy atom. The number of ether oxygens (including phenoxy) is 1. The molecule has 0 spiro atoms. The van der Waals surface area contributed by atoms with Crippen LogP contribution in [0.1, 0.15) is 39.3 Å². The van der Waals surface area contributed by atoms with Crippen LogP contribution < -0.4 is 10.1 Å². The van der Waals surface area contributed by atoms with Crippen molar-refractivity contribution in [3.63, 3.8) is 0 Å². The van der Waals surface area contributed by atoms with Crippen LogP contribution in [0.25, 0.3) is 0 Å². The van der Waals surface area contributed by atoms with E-state index in [0.29, 0.717) is 0 Å². The van der Waals surface area contributed by atoms with Crippen LogP contribution in [0.5, 0.6) is 5.75 Å². The summed E-state index contributed by atoms with van der Waals surface area (Å²) in [6, 6.07) is 8.41. The van der Waals surface area contributed by atoms with Crippen molar-refractivity contribution in [3.05, 3.63) is 42.0 Å². The number of hydrogen-bond donors (Lipinski definition) is 1. The molecular formula is C18H26ClNO. The number of methoxy groups -OCH3 is 1. The zero-order valence-corrected chi connectivity index (χ0v) is 14.4. The summed E-state index contributed by atoms with van der Waals surface area (Å²) in [5.41, 5.74) is 1.28. The van der Waals surface area contributed by atoms with Gasteiger partial charge in [-0.3, -0.25) is 0 Å². The molecule has 0 saturated heterocycles. The fraction of sp³-hybridized carbons (Fsp3) is 0.444. The summed E-state index contributed by atoms with van der Waals surface area (Å²) in [7, 11) is 1.69. The van der Waals surface area contributed by atoms with Crippen molar-refractivity contribution >= 4 is 12.4 Å². The minimum atomic E-state index is 0. The van der Waals surface area contributed by atoms with Gasteiger partial charge in [0.25, 0.3) is 0 Å². The predicted octanol–water partition coefficient (Wildman–Crippen LogP) is 4.37. The first-order chi connectivity index (χ1) is 9.42. The van der Waals surface area contributed by atoms with Crippen molar-refractivity contribution < 1.29 is 4.74 Å². The van der Waals surface area contributed by atoms with Gasteiger partial charge in [0, 0.05) is 18.0 Å². The lowest BCUT2D eigenvalue weighted by Crippen LogP contribution is -2.18. The summed E-state index contributed by atoms with van der Waals surface area (Å²) < 4.78 is 5.23. The molecular weight excluding hydrogens is 282 g/mol. The van der Waals surface area contributed by atoms with Crippen molar-refractivity contribution in [2.75, 3.05) is 13.7 Å². The first-order valence-electron chi connectivity index (χ1n) is 6.97. The third-order valence-electron chi connectivity index (χ3n) is 2.78. The summed E-state index contributed by atoms with van der Waals surface area (Å²) in [5.74, 6) is 7.13. The maximum Gasteiger partial charge on any atom is 0.119 e. The van der Waals surface area contributed by atoms with Crippen LogP contribution in [-0.4, -0.2) is 13.7 Å². The van der Waals surface area contributed by atoms with Gasteiger partial charge in [-0.2, -0.15) is 0 Å². The lowest BCUT2D eigenvalue weighted by Gasteiger charge is -2.13. The molecule has 0 aliphatic carbocycles. The van der Waals surface area contributed by atoms with Crippen molar-refractivity contribution in [2.24, 2.45) is 5.41 Å². The minimum Gasteiger partial charge on any atom is -0.497 e. The average Bonchev–Trinajstić information content (AvgIpc) is 2.41. The third-order valence-corrected chi connectivity index (χ3v) is 2.78. The quantitative estimate of drug-likeness (QED) is 0.815. The van der Waals surface area contributed by atoms with Crippen molar-refractivity contribution in [2.45, 2.75) is 33.7 Å². The van der Waals surface area contributed by atoms with Crippen molar-refractivity contribution in [1.29, 1.82) is 0 Å². The SMILES string of the molecule is COc1cccc(C(C)NC/C=C\C#CC(C)(C)C)c1.Cl. The van der Waals surface area contributed by atoms with Gasteiger partial charge in [-0.05, 0) is 51.5 Å². The maximum atomic E-state index is 5.23. The minimum absolute atomic E-state index is 0. The van der Waals surface area contributed by atoms with E-state index in [1.54, 1.807) is 7.11 Å². The molecule has 1 unspecified atom stereocenters. The number of benzene rings is 1. The van der Waals surface area contributed by atoms with Crippen LogP contribution in [0.15, 0.2) is 36.4 Å². The zero-order chi connectivity index (χ0) is 15.0. The van der Waals surface area contributed by atoms with Gasteiger partial charge in [-0.25, -0.2) is 0 Å². The first kappa shape index (κ1) is 19.6. The number of nitrogens with one attached hydrogen (secondary N) is 1. The van der Waals surface area contributed by atoms with E-state index in [2.05, 4.69) is 63.1 Å². The fourth-order valence-electron chi connectivity index (χ4n) is 1.65. The Kier molecular flexibility index (Phi) is 8.85. The van der Waals surface area contributed by atoms with E-state index in [0.717, 1.165) is 12.3 Å².